The lowest BCUT2D eigenvalue weighted by Gasteiger charge is -2.38. The van der Waals surface area contributed by atoms with Crippen LogP contribution in [-0.4, -0.2) is 83.2 Å². The van der Waals surface area contributed by atoms with Crippen molar-refractivity contribution in [1.29, 1.82) is 0 Å². The van der Waals surface area contributed by atoms with Crippen molar-refractivity contribution < 1.29 is 37.5 Å². The van der Waals surface area contributed by atoms with Crippen molar-refractivity contribution in [3.05, 3.63) is 35.9 Å². The van der Waals surface area contributed by atoms with Crippen molar-refractivity contribution in [3.63, 3.8) is 0 Å². The van der Waals surface area contributed by atoms with E-state index in [0.717, 1.165) is 5.56 Å². The number of likely N-dealkylation sites (tertiary alicyclic amines) is 1. The van der Waals surface area contributed by atoms with Crippen LogP contribution in [0.1, 0.15) is 50.5 Å². The molecule has 3 amide bonds. The van der Waals surface area contributed by atoms with Crippen LogP contribution in [0.15, 0.2) is 30.3 Å². The number of nitrogens with two attached hydrogens (primary N) is 3. The summed E-state index contributed by atoms with van der Waals surface area (Å²) in [5, 5.41) is 14.2. The molecule has 3 unspecified atom stereocenters. The molecule has 1 aromatic carbocycles. The predicted octanol–water partition coefficient (Wildman–Crippen LogP) is 0.402. The highest BCUT2D eigenvalue weighted by atomic mass is 19.4. The number of carboxylic acid groups (broad SMARTS) is 1. The molecule has 1 aliphatic heterocycles. The van der Waals surface area contributed by atoms with Gasteiger partial charge in [-0.2, -0.15) is 13.2 Å². The number of nitrogens with one attached hydrogen (secondary N) is 2. The summed E-state index contributed by atoms with van der Waals surface area (Å²) >= 11 is 0. The molecule has 1 aliphatic rings. The molecule has 9 N–H and O–H groups in total. The molecule has 0 radical (unpaired) electrons. The van der Waals surface area contributed by atoms with Crippen LogP contribution in [0.25, 0.3) is 0 Å². The molecule has 0 aromatic heterocycles. The number of hydrogen-bond donors (Lipinski definition) is 6. The van der Waals surface area contributed by atoms with E-state index >= 15 is 0 Å². The molecule has 11 nitrogen and oxygen atoms in total. The molecule has 3 atom stereocenters. The van der Waals surface area contributed by atoms with Gasteiger partial charge in [0.1, 0.15) is 17.6 Å². The average molecular weight is 573 g/mol. The number of unbranched alkanes of at least 4 members (excludes halogenated alkanes) is 1. The summed E-state index contributed by atoms with van der Waals surface area (Å²) in [5.41, 5.74) is 16.6. The largest absolute Gasteiger partial charge is 0.480 e. The molecule has 0 bridgehead atoms. The van der Waals surface area contributed by atoms with Crippen LogP contribution < -0.4 is 27.8 Å². The maximum absolute atomic E-state index is 13.3. The Kier molecular flexibility index (Phi) is 12.3. The van der Waals surface area contributed by atoms with Crippen molar-refractivity contribution in [2.45, 2.75) is 81.2 Å². The Morgan fingerprint density at radius 3 is 2.12 bits per heavy atom. The second-order valence-electron chi connectivity index (χ2n) is 10.1. The van der Waals surface area contributed by atoms with E-state index in [2.05, 4.69) is 10.6 Å². The minimum Gasteiger partial charge on any atom is -0.480 e. The Hall–Kier alpha value is -3.23. The van der Waals surface area contributed by atoms with Gasteiger partial charge >= 0.3 is 12.1 Å². The molecule has 0 saturated carbocycles. The van der Waals surface area contributed by atoms with Gasteiger partial charge in [0, 0.05) is 19.5 Å². The molecule has 40 heavy (non-hydrogen) atoms. The minimum absolute atomic E-state index is 0.00110. The number of hydrogen-bond acceptors (Lipinski definition) is 7. The quantitative estimate of drug-likeness (QED) is 0.172. The van der Waals surface area contributed by atoms with Gasteiger partial charge in [-0.05, 0) is 57.1 Å². The number of carboxylic acids is 1. The summed E-state index contributed by atoms with van der Waals surface area (Å²) in [6.07, 6.45) is -5.44. The maximum Gasteiger partial charge on any atom is 0.389 e. The monoisotopic (exact) mass is 572 g/mol. The van der Waals surface area contributed by atoms with E-state index in [0.29, 0.717) is 19.4 Å². The standard InChI is InChI=1S/C26H39F3N6O5/c27-26(28,29)10-9-19(33-21(36)18(31)16-17-6-2-1-3-7-17)22(37)34-20(8-4-5-13-30)23(38)35-14-11-25(32,12-15-35)24(39)40/h1-3,6-7,18-20H,4-5,8-16,30-32H2,(H,33,36)(H,34,37)(H,39,40). The lowest BCUT2D eigenvalue weighted by Crippen LogP contribution is -2.60. The van der Waals surface area contributed by atoms with E-state index in [-0.39, 0.29) is 38.8 Å². The van der Waals surface area contributed by atoms with E-state index in [1.165, 1.54) is 4.90 Å². The van der Waals surface area contributed by atoms with E-state index < -0.39 is 66.4 Å². The fourth-order valence-electron chi connectivity index (χ4n) is 4.40. The summed E-state index contributed by atoms with van der Waals surface area (Å²) in [6, 6.07) is 4.93. The van der Waals surface area contributed by atoms with Crippen LogP contribution in [0.4, 0.5) is 13.2 Å². The van der Waals surface area contributed by atoms with Gasteiger partial charge in [-0.15, -0.1) is 0 Å². The average Bonchev–Trinajstić information content (AvgIpc) is 2.90. The maximum atomic E-state index is 13.3. The first kappa shape index (κ1) is 33.0. The predicted molar refractivity (Wildman–Crippen MR) is 141 cm³/mol. The van der Waals surface area contributed by atoms with Crippen LogP contribution in [-0.2, 0) is 25.6 Å². The Labute approximate surface area is 231 Å². The van der Waals surface area contributed by atoms with Crippen molar-refractivity contribution in [3.8, 4) is 0 Å². The second-order valence-corrected chi connectivity index (χ2v) is 10.1. The van der Waals surface area contributed by atoms with E-state index in [9.17, 15) is 37.5 Å². The molecule has 224 valence electrons. The smallest absolute Gasteiger partial charge is 0.389 e. The van der Waals surface area contributed by atoms with Crippen LogP contribution in [0.3, 0.4) is 0 Å². The van der Waals surface area contributed by atoms with Gasteiger partial charge < -0.3 is 37.8 Å². The third-order valence-corrected chi connectivity index (χ3v) is 6.94. The van der Waals surface area contributed by atoms with Crippen LogP contribution in [0.2, 0.25) is 0 Å². The van der Waals surface area contributed by atoms with Crippen molar-refractivity contribution >= 4 is 23.7 Å². The lowest BCUT2D eigenvalue weighted by atomic mass is 9.88. The minimum atomic E-state index is -4.58. The fourth-order valence-corrected chi connectivity index (χ4v) is 4.40. The molecule has 1 aromatic rings. The molecule has 1 saturated heterocycles. The van der Waals surface area contributed by atoms with E-state index in [1.54, 1.807) is 30.3 Å². The fraction of sp³-hybridized carbons (Fsp3) is 0.615. The number of amides is 3. The number of alkyl halides is 3. The summed E-state index contributed by atoms with van der Waals surface area (Å²) in [5.74, 6) is -3.45. The highest BCUT2D eigenvalue weighted by molar-refractivity contribution is 5.93. The van der Waals surface area contributed by atoms with Crippen LogP contribution in [0.5, 0.6) is 0 Å². The molecular formula is C26H39F3N6O5. The SMILES string of the molecule is NCCCCC(NC(=O)C(CCC(F)(F)F)NC(=O)C(N)Cc1ccccc1)C(=O)N1CCC(N)(C(=O)O)CC1. The van der Waals surface area contributed by atoms with Crippen molar-refractivity contribution in [1.82, 2.24) is 15.5 Å². The first-order valence-corrected chi connectivity index (χ1v) is 13.2. The van der Waals surface area contributed by atoms with Gasteiger partial charge in [-0.3, -0.25) is 19.2 Å². The first-order valence-electron chi connectivity index (χ1n) is 13.2. The third-order valence-electron chi connectivity index (χ3n) is 6.94. The topological polar surface area (TPSA) is 194 Å². The number of aliphatic carboxylic acids is 1. The van der Waals surface area contributed by atoms with Gasteiger partial charge in [-0.1, -0.05) is 30.3 Å². The normalized spacial score (nSPS) is 17.4. The Balaban J connectivity index is 2.14. The molecular weight excluding hydrogens is 533 g/mol. The summed E-state index contributed by atoms with van der Waals surface area (Å²) < 4.78 is 39.1. The number of benzene rings is 1. The lowest BCUT2D eigenvalue weighted by molar-refractivity contribution is -0.148. The van der Waals surface area contributed by atoms with Crippen LogP contribution >= 0.6 is 0 Å². The Morgan fingerprint density at radius 1 is 0.975 bits per heavy atom. The van der Waals surface area contributed by atoms with Crippen molar-refractivity contribution in [2.75, 3.05) is 19.6 Å². The number of nitrogens with zero attached hydrogens (tertiary/aromatic N) is 1. The highest BCUT2D eigenvalue weighted by Crippen LogP contribution is 2.23. The zero-order valence-electron chi connectivity index (χ0n) is 22.3. The molecule has 14 heteroatoms. The number of carbonyl (C=O) groups is 4. The zero-order chi connectivity index (χ0) is 29.9. The molecule has 2 rings (SSSR count). The Morgan fingerprint density at radius 2 is 1.57 bits per heavy atom. The van der Waals surface area contributed by atoms with Gasteiger partial charge in [0.2, 0.25) is 17.7 Å². The number of carbonyl (C=O) groups excluding carboxylic acids is 3. The summed E-state index contributed by atoms with van der Waals surface area (Å²) in [6.45, 7) is 0.400. The summed E-state index contributed by atoms with van der Waals surface area (Å²) in [7, 11) is 0. The molecule has 0 aliphatic carbocycles. The van der Waals surface area contributed by atoms with E-state index in [4.69, 9.17) is 17.2 Å². The molecule has 1 fully saturated rings. The van der Waals surface area contributed by atoms with E-state index in [1.807, 2.05) is 0 Å². The zero-order valence-corrected chi connectivity index (χ0v) is 22.3. The highest BCUT2D eigenvalue weighted by Gasteiger charge is 2.40. The molecule has 1 heterocycles. The number of rotatable bonds is 14. The van der Waals surface area contributed by atoms with Gasteiger partial charge in [0.25, 0.3) is 0 Å². The third kappa shape index (κ3) is 10.4. The van der Waals surface area contributed by atoms with Crippen molar-refractivity contribution in [2.24, 2.45) is 17.2 Å². The van der Waals surface area contributed by atoms with Gasteiger partial charge in [-0.25, -0.2) is 0 Å². The number of piperidine rings is 1. The van der Waals surface area contributed by atoms with Gasteiger partial charge in [0.05, 0.1) is 6.04 Å². The first-order chi connectivity index (χ1) is 18.8. The number of halogens is 3. The summed E-state index contributed by atoms with van der Waals surface area (Å²) in [4.78, 5) is 52.0. The Bertz CT molecular complexity index is 1000. The second kappa shape index (κ2) is 15.0. The van der Waals surface area contributed by atoms with Crippen LogP contribution in [0, 0.1) is 0 Å². The molecule has 0 spiro atoms. The van der Waals surface area contributed by atoms with Gasteiger partial charge in [0.15, 0.2) is 0 Å².